The highest BCUT2D eigenvalue weighted by molar-refractivity contribution is 6.30. The molecule has 2 aromatic rings. The van der Waals surface area contributed by atoms with Gasteiger partial charge in [-0.3, -0.25) is 4.79 Å². The molecule has 0 bridgehead atoms. The van der Waals surface area contributed by atoms with Gasteiger partial charge >= 0.3 is 5.97 Å². The Morgan fingerprint density at radius 2 is 2.14 bits per heavy atom. The number of hydrogen-bond acceptors (Lipinski definition) is 6. The summed E-state index contributed by atoms with van der Waals surface area (Å²) in [7, 11) is 0. The fraction of sp³-hybridized carbons (Fsp3) is 0.316. The van der Waals surface area contributed by atoms with Gasteiger partial charge in [0.2, 0.25) is 11.8 Å². The first-order chi connectivity index (χ1) is 13.4. The van der Waals surface area contributed by atoms with Crippen LogP contribution in [0.25, 0.3) is 0 Å². The summed E-state index contributed by atoms with van der Waals surface area (Å²) in [4.78, 5) is 32.3. The molecule has 1 fully saturated rings. The number of carboxylic acid groups (broad SMARTS) is 1. The molecule has 4 rings (SSSR count). The Morgan fingerprint density at radius 3 is 2.82 bits per heavy atom. The lowest BCUT2D eigenvalue weighted by molar-refractivity contribution is -0.122. The molecule has 0 saturated heterocycles. The number of halogens is 1. The molecule has 9 heteroatoms. The molecule has 0 unspecified atom stereocenters. The molecule has 0 radical (unpaired) electrons. The molecular formula is C19H15ClN4O4. The number of carbonyl (C=O) groups is 2. The molecule has 2 N–H and O–H groups in total. The molecule has 1 amide bonds. The molecule has 1 aliphatic carbocycles. The second kappa shape index (κ2) is 6.77. The van der Waals surface area contributed by atoms with Crippen molar-refractivity contribution in [2.45, 2.75) is 37.2 Å². The Kier molecular flexibility index (Phi) is 4.40. The number of hydrogen-bond donors (Lipinski definition) is 2. The number of amides is 1. The number of carboxylic acids is 1. The maximum atomic E-state index is 12.7. The normalized spacial score (nSPS) is 23.0. The number of nitriles is 1. The van der Waals surface area contributed by atoms with E-state index in [-0.39, 0.29) is 29.1 Å². The van der Waals surface area contributed by atoms with E-state index in [2.05, 4.69) is 15.3 Å². The van der Waals surface area contributed by atoms with Gasteiger partial charge in [0.1, 0.15) is 23.4 Å². The van der Waals surface area contributed by atoms with Crippen molar-refractivity contribution in [1.29, 1.82) is 5.26 Å². The molecule has 8 nitrogen and oxygen atoms in total. The zero-order chi connectivity index (χ0) is 19.9. The second-order valence-corrected chi connectivity index (χ2v) is 7.31. The third-order valence-corrected chi connectivity index (χ3v) is 5.46. The second-order valence-electron chi connectivity index (χ2n) is 6.87. The van der Waals surface area contributed by atoms with Gasteiger partial charge in [-0.15, -0.1) is 0 Å². The maximum absolute atomic E-state index is 12.7. The average Bonchev–Trinajstić information content (AvgIpc) is 2.95. The molecule has 3 heterocycles. The number of rotatable bonds is 3. The van der Waals surface area contributed by atoms with Gasteiger partial charge < -0.3 is 15.2 Å². The third-order valence-electron chi connectivity index (χ3n) is 5.25. The molecule has 2 aromatic heterocycles. The molecule has 28 heavy (non-hydrogen) atoms. The number of fused-ring (bicyclic) bond motifs is 2. The van der Waals surface area contributed by atoms with Crippen LogP contribution >= 0.6 is 11.6 Å². The summed E-state index contributed by atoms with van der Waals surface area (Å²) in [5.41, 5.74) is 0.354. The number of anilines is 1. The van der Waals surface area contributed by atoms with Crippen molar-refractivity contribution < 1.29 is 19.4 Å². The van der Waals surface area contributed by atoms with Crippen LogP contribution in [0, 0.1) is 11.3 Å². The number of aromatic nitrogens is 2. The standard InChI is InChI=1S/C19H15ClN4O4/c20-11-7-10(8-21)16(22-9-11)28-12-3-5-19(6-4-12)15-13(24-18(19)27)1-2-14(23-15)17(25)26/h1-2,7,9,12H,3-6H2,(H,24,27)(H,25,26)/t12-,19+. The summed E-state index contributed by atoms with van der Waals surface area (Å²) < 4.78 is 5.88. The number of aromatic carboxylic acids is 1. The van der Waals surface area contributed by atoms with Crippen LogP contribution in [0.5, 0.6) is 5.88 Å². The van der Waals surface area contributed by atoms with E-state index in [0.717, 1.165) is 0 Å². The lowest BCUT2D eigenvalue weighted by atomic mass is 9.71. The van der Waals surface area contributed by atoms with E-state index in [9.17, 15) is 20.0 Å². The highest BCUT2D eigenvalue weighted by Gasteiger charge is 2.50. The Labute approximate surface area is 165 Å². The van der Waals surface area contributed by atoms with E-state index in [1.807, 2.05) is 6.07 Å². The van der Waals surface area contributed by atoms with Crippen LogP contribution in [-0.4, -0.2) is 33.1 Å². The summed E-state index contributed by atoms with van der Waals surface area (Å²) in [5, 5.41) is 21.6. The number of nitrogens with one attached hydrogen (secondary N) is 1. The van der Waals surface area contributed by atoms with E-state index in [1.165, 1.54) is 18.3 Å². The predicted molar refractivity (Wildman–Crippen MR) is 98.4 cm³/mol. The average molecular weight is 399 g/mol. The van der Waals surface area contributed by atoms with Crippen LogP contribution in [0.2, 0.25) is 5.02 Å². The predicted octanol–water partition coefficient (Wildman–Crippen LogP) is 2.91. The van der Waals surface area contributed by atoms with Gasteiger partial charge in [-0.2, -0.15) is 5.26 Å². The van der Waals surface area contributed by atoms with Crippen molar-refractivity contribution in [2.75, 3.05) is 5.32 Å². The third kappa shape index (κ3) is 2.94. The fourth-order valence-electron chi connectivity index (χ4n) is 3.82. The number of ether oxygens (including phenoxy) is 1. The topological polar surface area (TPSA) is 125 Å². The summed E-state index contributed by atoms with van der Waals surface area (Å²) in [6.07, 6.45) is 3.21. The molecule has 142 valence electrons. The number of pyridine rings is 2. The minimum atomic E-state index is -1.13. The van der Waals surface area contributed by atoms with Crippen molar-refractivity contribution in [3.05, 3.63) is 46.4 Å². The van der Waals surface area contributed by atoms with Gasteiger partial charge in [-0.05, 0) is 43.9 Å². The van der Waals surface area contributed by atoms with Crippen LogP contribution in [0.4, 0.5) is 5.69 Å². The Hall–Kier alpha value is -3.18. The number of nitrogens with zero attached hydrogens (tertiary/aromatic N) is 3. The van der Waals surface area contributed by atoms with Crippen molar-refractivity contribution >= 4 is 29.2 Å². The zero-order valence-corrected chi connectivity index (χ0v) is 15.4. The molecule has 1 saturated carbocycles. The minimum Gasteiger partial charge on any atom is -0.477 e. The van der Waals surface area contributed by atoms with Gasteiger partial charge in [0.25, 0.3) is 0 Å². The summed E-state index contributed by atoms with van der Waals surface area (Å²) >= 11 is 5.86. The molecule has 2 aliphatic rings. The summed E-state index contributed by atoms with van der Waals surface area (Å²) in [6.45, 7) is 0. The highest BCUT2D eigenvalue weighted by atomic mass is 35.5. The lowest BCUT2D eigenvalue weighted by Crippen LogP contribution is -2.41. The van der Waals surface area contributed by atoms with Gasteiger partial charge in [-0.1, -0.05) is 11.6 Å². The quantitative estimate of drug-likeness (QED) is 0.814. The minimum absolute atomic E-state index is 0.0861. The highest BCUT2D eigenvalue weighted by Crippen LogP contribution is 2.47. The van der Waals surface area contributed by atoms with Crippen molar-refractivity contribution in [1.82, 2.24) is 9.97 Å². The summed E-state index contributed by atoms with van der Waals surface area (Å²) in [5.74, 6) is -1.08. The van der Waals surface area contributed by atoms with E-state index in [4.69, 9.17) is 16.3 Å². The first-order valence-corrected chi connectivity index (χ1v) is 9.09. The molecule has 1 spiro atoms. The molecular weight excluding hydrogens is 384 g/mol. The van der Waals surface area contributed by atoms with Crippen LogP contribution in [0.15, 0.2) is 24.4 Å². The van der Waals surface area contributed by atoms with Crippen molar-refractivity contribution in [3.63, 3.8) is 0 Å². The monoisotopic (exact) mass is 398 g/mol. The number of carbonyl (C=O) groups excluding carboxylic acids is 1. The first kappa shape index (κ1) is 18.2. The van der Waals surface area contributed by atoms with Crippen molar-refractivity contribution in [2.24, 2.45) is 0 Å². The smallest absolute Gasteiger partial charge is 0.354 e. The summed E-state index contributed by atoms with van der Waals surface area (Å²) in [6, 6.07) is 6.46. The van der Waals surface area contributed by atoms with E-state index in [1.54, 1.807) is 6.07 Å². The van der Waals surface area contributed by atoms with Gasteiger partial charge in [-0.25, -0.2) is 14.8 Å². The van der Waals surface area contributed by atoms with Gasteiger partial charge in [0.15, 0.2) is 0 Å². The largest absolute Gasteiger partial charge is 0.477 e. The van der Waals surface area contributed by atoms with Gasteiger partial charge in [0, 0.05) is 6.20 Å². The van der Waals surface area contributed by atoms with E-state index >= 15 is 0 Å². The van der Waals surface area contributed by atoms with E-state index in [0.29, 0.717) is 42.1 Å². The Bertz CT molecular complexity index is 1030. The van der Waals surface area contributed by atoms with Crippen LogP contribution in [0.3, 0.4) is 0 Å². The lowest BCUT2D eigenvalue weighted by Gasteiger charge is -2.34. The van der Waals surface area contributed by atoms with Crippen molar-refractivity contribution in [3.8, 4) is 11.9 Å². The van der Waals surface area contributed by atoms with Gasteiger partial charge in [0.05, 0.1) is 21.8 Å². The first-order valence-electron chi connectivity index (χ1n) is 8.71. The maximum Gasteiger partial charge on any atom is 0.354 e. The molecule has 0 atom stereocenters. The zero-order valence-electron chi connectivity index (χ0n) is 14.6. The fourth-order valence-corrected chi connectivity index (χ4v) is 3.98. The SMILES string of the molecule is N#Cc1cc(Cl)cnc1O[C@H]1CC[C@]2(CC1)C(=O)Nc1ccc(C(=O)O)nc12. The molecule has 1 aliphatic heterocycles. The van der Waals surface area contributed by atoms with Crippen LogP contribution in [-0.2, 0) is 10.2 Å². The molecule has 0 aromatic carbocycles. The van der Waals surface area contributed by atoms with Crippen LogP contribution < -0.4 is 10.1 Å². The Balaban J connectivity index is 1.55. The Morgan fingerprint density at radius 1 is 1.39 bits per heavy atom. The van der Waals surface area contributed by atoms with Crippen LogP contribution in [0.1, 0.15) is 47.4 Å². The van der Waals surface area contributed by atoms with E-state index < -0.39 is 11.4 Å².